The molecule has 5 nitrogen and oxygen atoms in total. The number of hydrogen-bond donors (Lipinski definition) is 1. The van der Waals surface area contributed by atoms with Crippen molar-refractivity contribution < 1.29 is 9.53 Å². The third-order valence-electron chi connectivity index (χ3n) is 3.84. The predicted molar refractivity (Wildman–Crippen MR) is 97.2 cm³/mol. The van der Waals surface area contributed by atoms with Crippen LogP contribution in [-0.4, -0.2) is 28.8 Å². The van der Waals surface area contributed by atoms with Gasteiger partial charge in [0.2, 0.25) is 0 Å². The van der Waals surface area contributed by atoms with Crippen LogP contribution in [0.15, 0.2) is 67.0 Å². The zero-order valence-electron chi connectivity index (χ0n) is 14.2. The number of para-hydroxylation sites is 1. The van der Waals surface area contributed by atoms with Crippen LogP contribution in [-0.2, 0) is 6.42 Å². The lowest BCUT2D eigenvalue weighted by molar-refractivity contribution is 0.0950. The second kappa shape index (κ2) is 8.15. The van der Waals surface area contributed by atoms with Crippen molar-refractivity contribution in [2.75, 3.05) is 13.2 Å². The molecule has 0 aliphatic carbocycles. The van der Waals surface area contributed by atoms with E-state index >= 15 is 0 Å². The average molecular weight is 335 g/mol. The van der Waals surface area contributed by atoms with Crippen LogP contribution in [0.1, 0.15) is 22.8 Å². The lowest BCUT2D eigenvalue weighted by atomic mass is 10.1. The first kappa shape index (κ1) is 16.8. The molecule has 0 saturated heterocycles. The third-order valence-corrected chi connectivity index (χ3v) is 3.84. The molecular formula is C20H21N3O2. The number of nitrogens with one attached hydrogen (secondary N) is 1. The van der Waals surface area contributed by atoms with Crippen LogP contribution in [0.4, 0.5) is 0 Å². The van der Waals surface area contributed by atoms with Gasteiger partial charge in [-0.1, -0.05) is 24.3 Å². The maximum atomic E-state index is 12.3. The summed E-state index contributed by atoms with van der Waals surface area (Å²) in [6, 6.07) is 17.3. The summed E-state index contributed by atoms with van der Waals surface area (Å²) in [5.74, 6) is 0.503. The van der Waals surface area contributed by atoms with E-state index in [0.29, 0.717) is 24.5 Å². The minimum atomic E-state index is -0.114. The van der Waals surface area contributed by atoms with Crippen molar-refractivity contribution in [3.8, 4) is 11.4 Å². The highest BCUT2D eigenvalue weighted by Crippen LogP contribution is 2.17. The second-order valence-electron chi connectivity index (χ2n) is 5.55. The standard InChI is InChI=1S/C20H21N3O2/c1-2-25-19-7-4-3-6-18(19)20(24)21-14-12-16-8-10-17(11-9-16)23-15-5-13-22-23/h3-11,13,15H,2,12,14H2,1H3,(H,21,24). The van der Waals surface area contributed by atoms with E-state index in [9.17, 15) is 4.79 Å². The van der Waals surface area contributed by atoms with Gasteiger partial charge in [-0.25, -0.2) is 4.68 Å². The Labute approximate surface area is 147 Å². The summed E-state index contributed by atoms with van der Waals surface area (Å²) in [6.07, 6.45) is 4.43. The smallest absolute Gasteiger partial charge is 0.255 e. The second-order valence-corrected chi connectivity index (χ2v) is 5.55. The van der Waals surface area contributed by atoms with Crippen LogP contribution in [0.3, 0.4) is 0 Å². The number of hydrogen-bond acceptors (Lipinski definition) is 3. The van der Waals surface area contributed by atoms with Gasteiger partial charge in [-0.2, -0.15) is 5.10 Å². The SMILES string of the molecule is CCOc1ccccc1C(=O)NCCc1ccc(-n2cccn2)cc1. The lowest BCUT2D eigenvalue weighted by Gasteiger charge is -2.10. The molecule has 0 bridgehead atoms. The number of aromatic nitrogens is 2. The Balaban J connectivity index is 1.55. The third kappa shape index (κ3) is 4.26. The maximum Gasteiger partial charge on any atom is 0.255 e. The molecule has 0 aliphatic heterocycles. The Hall–Kier alpha value is -3.08. The number of rotatable bonds is 7. The summed E-state index contributed by atoms with van der Waals surface area (Å²) >= 11 is 0. The predicted octanol–water partition coefficient (Wildman–Crippen LogP) is 3.24. The first-order valence-corrected chi connectivity index (χ1v) is 8.37. The Morgan fingerprint density at radius 1 is 1.12 bits per heavy atom. The van der Waals surface area contributed by atoms with Gasteiger partial charge in [-0.05, 0) is 49.2 Å². The molecule has 0 aliphatic rings. The Kier molecular flexibility index (Phi) is 5.46. The molecule has 0 unspecified atom stereocenters. The number of ether oxygens (including phenoxy) is 1. The largest absolute Gasteiger partial charge is 0.493 e. The summed E-state index contributed by atoms with van der Waals surface area (Å²) < 4.78 is 7.32. The topological polar surface area (TPSA) is 56.1 Å². The van der Waals surface area contributed by atoms with E-state index in [4.69, 9.17) is 4.74 Å². The average Bonchev–Trinajstić information content (AvgIpc) is 3.18. The van der Waals surface area contributed by atoms with Crippen molar-refractivity contribution in [1.82, 2.24) is 15.1 Å². The van der Waals surface area contributed by atoms with E-state index in [0.717, 1.165) is 17.7 Å². The monoisotopic (exact) mass is 335 g/mol. The summed E-state index contributed by atoms with van der Waals surface area (Å²) in [5.41, 5.74) is 2.75. The van der Waals surface area contributed by atoms with E-state index < -0.39 is 0 Å². The van der Waals surface area contributed by atoms with Gasteiger partial charge in [0.05, 0.1) is 17.9 Å². The molecule has 3 rings (SSSR count). The molecule has 25 heavy (non-hydrogen) atoms. The van der Waals surface area contributed by atoms with E-state index in [2.05, 4.69) is 22.5 Å². The molecule has 0 atom stereocenters. The number of carbonyl (C=O) groups excluding carboxylic acids is 1. The first-order chi connectivity index (χ1) is 12.3. The van der Waals surface area contributed by atoms with Crippen LogP contribution >= 0.6 is 0 Å². The Bertz CT molecular complexity index is 811. The van der Waals surface area contributed by atoms with Crippen molar-refractivity contribution in [3.63, 3.8) is 0 Å². The first-order valence-electron chi connectivity index (χ1n) is 8.37. The quantitative estimate of drug-likeness (QED) is 0.721. The molecule has 5 heteroatoms. The van der Waals surface area contributed by atoms with Gasteiger partial charge >= 0.3 is 0 Å². The fourth-order valence-corrected chi connectivity index (χ4v) is 2.59. The zero-order chi connectivity index (χ0) is 17.5. The maximum absolute atomic E-state index is 12.3. The van der Waals surface area contributed by atoms with E-state index in [1.54, 1.807) is 12.3 Å². The fourth-order valence-electron chi connectivity index (χ4n) is 2.59. The van der Waals surface area contributed by atoms with E-state index in [-0.39, 0.29) is 5.91 Å². The summed E-state index contributed by atoms with van der Waals surface area (Å²) in [7, 11) is 0. The van der Waals surface area contributed by atoms with E-state index in [1.807, 2.05) is 54.2 Å². The zero-order valence-corrected chi connectivity index (χ0v) is 14.2. The summed E-state index contributed by atoms with van der Waals surface area (Å²) in [5, 5.41) is 7.16. The van der Waals surface area contributed by atoms with Crippen LogP contribution in [0, 0.1) is 0 Å². The molecule has 0 saturated carbocycles. The Morgan fingerprint density at radius 3 is 2.64 bits per heavy atom. The van der Waals surface area contributed by atoms with Crippen LogP contribution in [0.25, 0.3) is 5.69 Å². The van der Waals surface area contributed by atoms with Crippen molar-refractivity contribution in [1.29, 1.82) is 0 Å². The van der Waals surface area contributed by atoms with Gasteiger partial charge in [-0.15, -0.1) is 0 Å². The van der Waals surface area contributed by atoms with Gasteiger partial charge in [0.15, 0.2) is 0 Å². The molecule has 2 aromatic carbocycles. The molecular weight excluding hydrogens is 314 g/mol. The fraction of sp³-hybridized carbons (Fsp3) is 0.200. The van der Waals surface area contributed by atoms with Crippen LogP contribution in [0.2, 0.25) is 0 Å². The molecule has 0 fully saturated rings. The van der Waals surface area contributed by atoms with E-state index in [1.165, 1.54) is 0 Å². The molecule has 3 aromatic rings. The highest BCUT2D eigenvalue weighted by Gasteiger charge is 2.11. The molecule has 1 aromatic heterocycles. The summed E-state index contributed by atoms with van der Waals surface area (Å²) in [6.45, 7) is 3.01. The number of carbonyl (C=O) groups is 1. The highest BCUT2D eigenvalue weighted by molar-refractivity contribution is 5.96. The van der Waals surface area contributed by atoms with Crippen molar-refractivity contribution >= 4 is 5.91 Å². The lowest BCUT2D eigenvalue weighted by Crippen LogP contribution is -2.26. The number of amides is 1. The number of benzene rings is 2. The van der Waals surface area contributed by atoms with Crippen LogP contribution in [0.5, 0.6) is 5.75 Å². The minimum absolute atomic E-state index is 0.114. The number of nitrogens with zero attached hydrogens (tertiary/aromatic N) is 2. The van der Waals surface area contributed by atoms with Gasteiger partial charge in [0, 0.05) is 18.9 Å². The highest BCUT2D eigenvalue weighted by atomic mass is 16.5. The molecule has 0 radical (unpaired) electrons. The van der Waals surface area contributed by atoms with Crippen molar-refractivity contribution in [3.05, 3.63) is 78.1 Å². The van der Waals surface area contributed by atoms with Gasteiger partial charge < -0.3 is 10.1 Å². The van der Waals surface area contributed by atoms with Crippen molar-refractivity contribution in [2.24, 2.45) is 0 Å². The Morgan fingerprint density at radius 2 is 1.92 bits per heavy atom. The molecule has 1 heterocycles. The molecule has 1 N–H and O–H groups in total. The summed E-state index contributed by atoms with van der Waals surface area (Å²) in [4.78, 5) is 12.3. The van der Waals surface area contributed by atoms with Crippen LogP contribution < -0.4 is 10.1 Å². The van der Waals surface area contributed by atoms with Gasteiger partial charge in [0.25, 0.3) is 5.91 Å². The normalized spacial score (nSPS) is 10.4. The van der Waals surface area contributed by atoms with Crippen molar-refractivity contribution in [2.45, 2.75) is 13.3 Å². The molecule has 128 valence electrons. The van der Waals surface area contributed by atoms with Gasteiger partial charge in [-0.3, -0.25) is 4.79 Å². The van der Waals surface area contributed by atoms with Gasteiger partial charge in [0.1, 0.15) is 5.75 Å². The minimum Gasteiger partial charge on any atom is -0.493 e. The molecule has 1 amide bonds. The molecule has 0 spiro atoms.